The third-order valence-electron chi connectivity index (χ3n) is 3.54. The van der Waals surface area contributed by atoms with E-state index in [4.69, 9.17) is 14.2 Å². The van der Waals surface area contributed by atoms with Gasteiger partial charge in [0.25, 0.3) is 0 Å². The zero-order valence-corrected chi connectivity index (χ0v) is 14.9. The first-order valence-corrected chi connectivity index (χ1v) is 8.12. The predicted molar refractivity (Wildman–Crippen MR) is 88.2 cm³/mol. The molecule has 1 aromatic heterocycles. The lowest BCUT2D eigenvalue weighted by molar-refractivity contribution is 0.00880. The summed E-state index contributed by atoms with van der Waals surface area (Å²) in [5.41, 5.74) is 2.75. The van der Waals surface area contributed by atoms with Gasteiger partial charge in [0, 0.05) is 12.3 Å². The first-order valence-electron chi connectivity index (χ1n) is 8.12. The molecule has 0 aliphatic carbocycles. The van der Waals surface area contributed by atoms with Crippen LogP contribution < -0.4 is 0 Å². The van der Waals surface area contributed by atoms with Gasteiger partial charge in [-0.2, -0.15) is 5.10 Å². The molecular weight excluding hydrogens is 280 g/mol. The maximum atomic E-state index is 5.55. The van der Waals surface area contributed by atoms with E-state index in [2.05, 4.69) is 39.7 Å². The molecule has 0 spiro atoms. The minimum Gasteiger partial charge on any atom is -0.379 e. The smallest absolute Gasteiger partial charge is 0.0701 e. The summed E-state index contributed by atoms with van der Waals surface area (Å²) in [6.07, 6.45) is 2.96. The predicted octanol–water partition coefficient (Wildman–Crippen LogP) is 2.99. The molecule has 0 aromatic carbocycles. The van der Waals surface area contributed by atoms with Gasteiger partial charge in [0.05, 0.1) is 45.8 Å². The topological polar surface area (TPSA) is 45.5 Å². The van der Waals surface area contributed by atoms with Crippen molar-refractivity contribution >= 4 is 0 Å². The number of rotatable bonds is 11. The second kappa shape index (κ2) is 9.98. The lowest BCUT2D eigenvalue weighted by Gasteiger charge is -2.17. The van der Waals surface area contributed by atoms with Gasteiger partial charge < -0.3 is 14.2 Å². The van der Waals surface area contributed by atoms with Gasteiger partial charge in [-0.25, -0.2) is 0 Å². The van der Waals surface area contributed by atoms with Crippen LogP contribution in [0.15, 0.2) is 6.20 Å². The summed E-state index contributed by atoms with van der Waals surface area (Å²) in [4.78, 5) is 0. The lowest BCUT2D eigenvalue weighted by atomic mass is 9.93. The molecule has 128 valence electrons. The van der Waals surface area contributed by atoms with E-state index in [1.165, 1.54) is 11.3 Å². The number of hydrogen-bond donors (Lipinski definition) is 0. The van der Waals surface area contributed by atoms with E-state index in [0.717, 1.165) is 19.6 Å². The van der Waals surface area contributed by atoms with E-state index in [9.17, 15) is 0 Å². The van der Waals surface area contributed by atoms with Crippen molar-refractivity contribution < 1.29 is 14.2 Å². The molecule has 0 N–H and O–H groups in total. The molecule has 1 heterocycles. The van der Waals surface area contributed by atoms with E-state index in [1.807, 2.05) is 10.9 Å². The van der Waals surface area contributed by atoms with Crippen LogP contribution in [0, 0.1) is 19.3 Å². The average Bonchev–Trinajstić information content (AvgIpc) is 2.75. The molecule has 0 radical (unpaired) electrons. The summed E-state index contributed by atoms with van der Waals surface area (Å²) in [5, 5.41) is 4.30. The first kappa shape index (κ1) is 19.1. The maximum absolute atomic E-state index is 5.55. The molecule has 1 rings (SSSR count). The molecule has 5 nitrogen and oxygen atoms in total. The third-order valence-corrected chi connectivity index (χ3v) is 3.54. The summed E-state index contributed by atoms with van der Waals surface area (Å²) in [6.45, 7) is 15.5. The molecule has 5 heteroatoms. The maximum Gasteiger partial charge on any atom is 0.0701 e. The van der Waals surface area contributed by atoms with Crippen LogP contribution in [0.3, 0.4) is 0 Å². The molecule has 1 aromatic rings. The van der Waals surface area contributed by atoms with Crippen molar-refractivity contribution in [3.63, 3.8) is 0 Å². The highest BCUT2D eigenvalue weighted by atomic mass is 16.5. The van der Waals surface area contributed by atoms with E-state index < -0.39 is 0 Å². The highest BCUT2D eigenvalue weighted by Crippen LogP contribution is 2.17. The van der Waals surface area contributed by atoms with Gasteiger partial charge in [0.2, 0.25) is 0 Å². The fraction of sp³-hybridized carbons (Fsp3) is 0.824. The Bertz CT molecular complexity index is 411. The molecule has 0 bridgehead atoms. The Hall–Kier alpha value is -0.910. The van der Waals surface area contributed by atoms with Crippen LogP contribution in [0.2, 0.25) is 0 Å². The van der Waals surface area contributed by atoms with E-state index in [1.54, 1.807) is 0 Å². The second-order valence-corrected chi connectivity index (χ2v) is 6.78. The monoisotopic (exact) mass is 312 g/mol. The van der Waals surface area contributed by atoms with Crippen LogP contribution in [0.1, 0.15) is 38.4 Å². The van der Waals surface area contributed by atoms with Crippen LogP contribution in [0.4, 0.5) is 0 Å². The quantitative estimate of drug-likeness (QED) is 0.589. The van der Waals surface area contributed by atoms with Crippen LogP contribution in [0.5, 0.6) is 0 Å². The van der Waals surface area contributed by atoms with Gasteiger partial charge in [0.1, 0.15) is 0 Å². The molecular formula is C17H32N2O3. The molecule has 0 saturated carbocycles. The zero-order valence-electron chi connectivity index (χ0n) is 14.9. The Morgan fingerprint density at radius 2 is 1.45 bits per heavy atom. The van der Waals surface area contributed by atoms with Crippen molar-refractivity contribution in [2.45, 2.75) is 47.6 Å². The van der Waals surface area contributed by atoms with Gasteiger partial charge >= 0.3 is 0 Å². The Labute approximate surface area is 134 Å². The van der Waals surface area contributed by atoms with Crippen LogP contribution in [-0.4, -0.2) is 49.4 Å². The highest BCUT2D eigenvalue weighted by Gasteiger charge is 2.08. The van der Waals surface area contributed by atoms with Crippen LogP contribution in [0.25, 0.3) is 0 Å². The van der Waals surface area contributed by atoms with Crippen molar-refractivity contribution in [1.29, 1.82) is 0 Å². The minimum atomic E-state index is 0.333. The van der Waals surface area contributed by atoms with Crippen LogP contribution in [-0.2, 0) is 20.8 Å². The van der Waals surface area contributed by atoms with Gasteiger partial charge in [-0.15, -0.1) is 0 Å². The lowest BCUT2D eigenvalue weighted by Crippen LogP contribution is -2.14. The fourth-order valence-corrected chi connectivity index (χ4v) is 1.84. The van der Waals surface area contributed by atoms with Gasteiger partial charge in [-0.3, -0.25) is 4.68 Å². The molecule has 0 aliphatic rings. The zero-order chi connectivity index (χ0) is 16.4. The van der Waals surface area contributed by atoms with E-state index in [0.29, 0.717) is 38.4 Å². The minimum absolute atomic E-state index is 0.333. The largest absolute Gasteiger partial charge is 0.379 e. The molecule has 0 saturated heterocycles. The van der Waals surface area contributed by atoms with Gasteiger partial charge in [0.15, 0.2) is 0 Å². The molecule has 0 atom stereocenters. The Balaban J connectivity index is 1.87. The van der Waals surface area contributed by atoms with Crippen molar-refractivity contribution in [1.82, 2.24) is 9.78 Å². The summed E-state index contributed by atoms with van der Waals surface area (Å²) in [7, 11) is 0. The number of aromatic nitrogens is 2. The standard InChI is InChI=1S/C17H32N2O3/c1-15-14-18-19(16(15)2)7-9-21-11-13-22-12-10-20-8-6-17(3,4)5/h14H,6-13H2,1-5H3. The van der Waals surface area contributed by atoms with Crippen molar-refractivity contribution in [3.8, 4) is 0 Å². The number of nitrogens with zero attached hydrogens (tertiary/aromatic N) is 2. The Morgan fingerprint density at radius 3 is 1.95 bits per heavy atom. The first-order chi connectivity index (χ1) is 10.4. The Morgan fingerprint density at radius 1 is 0.909 bits per heavy atom. The van der Waals surface area contributed by atoms with E-state index in [-0.39, 0.29) is 0 Å². The van der Waals surface area contributed by atoms with Gasteiger partial charge in [-0.1, -0.05) is 20.8 Å². The van der Waals surface area contributed by atoms with Crippen molar-refractivity contribution in [2.75, 3.05) is 39.6 Å². The molecule has 0 aliphatic heterocycles. The van der Waals surface area contributed by atoms with Crippen LogP contribution >= 0.6 is 0 Å². The van der Waals surface area contributed by atoms with E-state index >= 15 is 0 Å². The van der Waals surface area contributed by atoms with Gasteiger partial charge in [-0.05, 0) is 31.2 Å². The Kier molecular flexibility index (Phi) is 8.68. The number of ether oxygens (including phenoxy) is 3. The van der Waals surface area contributed by atoms with Crippen molar-refractivity contribution in [3.05, 3.63) is 17.5 Å². The highest BCUT2D eigenvalue weighted by molar-refractivity contribution is 5.12. The third kappa shape index (κ3) is 8.51. The summed E-state index contributed by atoms with van der Waals surface area (Å²) in [5.74, 6) is 0. The molecule has 0 fully saturated rings. The molecule has 22 heavy (non-hydrogen) atoms. The number of hydrogen-bond acceptors (Lipinski definition) is 4. The number of aryl methyl sites for hydroxylation is 1. The summed E-state index contributed by atoms with van der Waals surface area (Å²) in [6, 6.07) is 0. The normalized spacial score (nSPS) is 12.0. The second-order valence-electron chi connectivity index (χ2n) is 6.78. The fourth-order valence-electron chi connectivity index (χ4n) is 1.84. The van der Waals surface area contributed by atoms with Crippen molar-refractivity contribution in [2.24, 2.45) is 5.41 Å². The SMILES string of the molecule is Cc1cnn(CCOCCOCCOCCC(C)(C)C)c1C. The molecule has 0 unspecified atom stereocenters. The molecule has 0 amide bonds. The summed E-state index contributed by atoms with van der Waals surface area (Å²) >= 11 is 0. The average molecular weight is 312 g/mol. The summed E-state index contributed by atoms with van der Waals surface area (Å²) < 4.78 is 18.5.